The van der Waals surface area contributed by atoms with E-state index in [0.717, 1.165) is 25.0 Å². The van der Waals surface area contributed by atoms with Gasteiger partial charge >= 0.3 is 0 Å². The lowest BCUT2D eigenvalue weighted by Crippen LogP contribution is -2.20. The van der Waals surface area contributed by atoms with Crippen LogP contribution in [0.2, 0.25) is 0 Å². The second-order valence-electron chi connectivity index (χ2n) is 9.25. The largest absolute Gasteiger partial charge is 0.382 e. The maximum atomic E-state index is 5.33. The van der Waals surface area contributed by atoms with Crippen LogP contribution in [0.25, 0.3) is 0 Å². The Kier molecular flexibility index (Phi) is 25.1. The van der Waals surface area contributed by atoms with Gasteiger partial charge in [0.05, 0.1) is 79.3 Å². The third-order valence-electron chi connectivity index (χ3n) is 6.61. The SMILES string of the molecule is C1CCC(C2CCCCC2)CC1.C1COCCOCCOCCOCCOCCO1.CCOCC. The van der Waals surface area contributed by atoms with Gasteiger partial charge in [-0.05, 0) is 25.7 Å². The molecule has 0 amide bonds. The maximum absolute atomic E-state index is 5.33. The predicted octanol–water partition coefficient (Wildman–Crippen LogP) is 5.29. The Morgan fingerprint density at radius 2 is 0.629 bits per heavy atom. The van der Waals surface area contributed by atoms with Crippen molar-refractivity contribution in [3.05, 3.63) is 0 Å². The molecule has 0 aromatic carbocycles. The molecule has 3 aliphatic rings. The minimum Gasteiger partial charge on any atom is -0.382 e. The van der Waals surface area contributed by atoms with Gasteiger partial charge in [0.15, 0.2) is 0 Å². The second kappa shape index (κ2) is 26.8. The first-order valence-corrected chi connectivity index (χ1v) is 14.4. The Hall–Kier alpha value is -0.280. The molecule has 1 heterocycles. The fourth-order valence-corrected chi connectivity index (χ4v) is 4.73. The standard InChI is InChI=1S/C12H24O6.C12H22.C4H10O/c1-2-14-5-6-16-9-10-18-12-11-17-8-7-15-4-3-13-1;1-3-7-11(8-4-1)12-9-5-2-6-10-12;1-3-5-4-2/h1-12H2;11-12H,1-10H2;3-4H2,1-2H3. The highest BCUT2D eigenvalue weighted by Crippen LogP contribution is 2.37. The molecule has 0 atom stereocenters. The molecule has 2 aliphatic carbocycles. The van der Waals surface area contributed by atoms with E-state index in [9.17, 15) is 0 Å². The lowest BCUT2D eigenvalue weighted by atomic mass is 9.73. The molecule has 0 N–H and O–H groups in total. The summed E-state index contributed by atoms with van der Waals surface area (Å²) in [5, 5.41) is 0. The lowest BCUT2D eigenvalue weighted by Gasteiger charge is -2.32. The highest BCUT2D eigenvalue weighted by Gasteiger charge is 2.24. The molecule has 0 aromatic rings. The van der Waals surface area contributed by atoms with Crippen molar-refractivity contribution in [1.82, 2.24) is 0 Å². The zero-order chi connectivity index (χ0) is 25.1. The predicted molar refractivity (Wildman–Crippen MR) is 140 cm³/mol. The minimum absolute atomic E-state index is 0.586. The van der Waals surface area contributed by atoms with Crippen LogP contribution >= 0.6 is 0 Å². The first-order chi connectivity index (χ1) is 17.4. The van der Waals surface area contributed by atoms with E-state index in [1.165, 1.54) is 38.5 Å². The van der Waals surface area contributed by atoms with E-state index in [4.69, 9.17) is 33.2 Å². The van der Waals surface area contributed by atoms with E-state index < -0.39 is 0 Å². The minimum atomic E-state index is 0.586. The summed E-state index contributed by atoms with van der Waals surface area (Å²) in [6.07, 6.45) is 15.4. The van der Waals surface area contributed by atoms with Crippen molar-refractivity contribution in [2.75, 3.05) is 92.5 Å². The van der Waals surface area contributed by atoms with Crippen molar-refractivity contribution < 1.29 is 33.2 Å². The van der Waals surface area contributed by atoms with Crippen LogP contribution in [0.1, 0.15) is 78.1 Å². The summed E-state index contributed by atoms with van der Waals surface area (Å²) < 4.78 is 36.8. The zero-order valence-electron chi connectivity index (χ0n) is 23.0. The Bertz CT molecular complexity index is 306. The van der Waals surface area contributed by atoms with Gasteiger partial charge in [0.25, 0.3) is 0 Å². The number of hydrogen-bond donors (Lipinski definition) is 0. The van der Waals surface area contributed by atoms with Crippen LogP contribution in [0.3, 0.4) is 0 Å². The van der Waals surface area contributed by atoms with E-state index in [1.807, 2.05) is 13.8 Å². The van der Waals surface area contributed by atoms with Crippen LogP contribution in [-0.2, 0) is 33.2 Å². The van der Waals surface area contributed by atoms with Crippen molar-refractivity contribution in [1.29, 1.82) is 0 Å². The lowest BCUT2D eigenvalue weighted by molar-refractivity contribution is -0.0334. The molecule has 0 aromatic heterocycles. The maximum Gasteiger partial charge on any atom is 0.0701 e. The summed E-state index contributed by atoms with van der Waals surface area (Å²) >= 11 is 0. The van der Waals surface area contributed by atoms with Gasteiger partial charge in [0, 0.05) is 13.2 Å². The van der Waals surface area contributed by atoms with E-state index in [-0.39, 0.29) is 0 Å². The van der Waals surface area contributed by atoms with Crippen LogP contribution in [0.4, 0.5) is 0 Å². The van der Waals surface area contributed by atoms with E-state index in [2.05, 4.69) is 0 Å². The van der Waals surface area contributed by atoms with Crippen molar-refractivity contribution in [2.45, 2.75) is 78.1 Å². The fourth-order valence-electron chi connectivity index (χ4n) is 4.73. The fraction of sp³-hybridized carbons (Fsp3) is 1.00. The van der Waals surface area contributed by atoms with Gasteiger partial charge in [-0.2, -0.15) is 0 Å². The first kappa shape index (κ1) is 32.7. The summed E-state index contributed by atoms with van der Waals surface area (Å²) in [5.41, 5.74) is 0. The molecule has 0 unspecified atom stereocenters. The van der Waals surface area contributed by atoms with Crippen molar-refractivity contribution in [3.8, 4) is 0 Å². The zero-order valence-corrected chi connectivity index (χ0v) is 23.0. The smallest absolute Gasteiger partial charge is 0.0701 e. The van der Waals surface area contributed by atoms with Crippen LogP contribution in [0.15, 0.2) is 0 Å². The highest BCUT2D eigenvalue weighted by atomic mass is 16.6. The van der Waals surface area contributed by atoms with Crippen LogP contribution < -0.4 is 0 Å². The number of rotatable bonds is 3. The molecular weight excluding hydrogens is 448 g/mol. The summed E-state index contributed by atoms with van der Waals surface area (Å²) in [6, 6.07) is 0. The van der Waals surface area contributed by atoms with Gasteiger partial charge in [0.1, 0.15) is 0 Å². The van der Waals surface area contributed by atoms with Gasteiger partial charge in [-0.1, -0.05) is 64.2 Å². The molecule has 0 spiro atoms. The normalized spacial score (nSPS) is 23.5. The molecule has 3 rings (SSSR count). The Labute approximate surface area is 215 Å². The number of ether oxygens (including phenoxy) is 7. The number of hydrogen-bond acceptors (Lipinski definition) is 7. The molecule has 7 heteroatoms. The quantitative estimate of drug-likeness (QED) is 0.517. The van der Waals surface area contributed by atoms with Gasteiger partial charge in [0.2, 0.25) is 0 Å². The van der Waals surface area contributed by atoms with Gasteiger partial charge in [-0.15, -0.1) is 0 Å². The van der Waals surface area contributed by atoms with Gasteiger partial charge in [-0.3, -0.25) is 0 Å². The van der Waals surface area contributed by atoms with E-state index in [0.29, 0.717) is 79.3 Å². The second-order valence-corrected chi connectivity index (χ2v) is 9.25. The molecule has 210 valence electrons. The average molecular weight is 505 g/mol. The monoisotopic (exact) mass is 504 g/mol. The van der Waals surface area contributed by atoms with E-state index >= 15 is 0 Å². The highest BCUT2D eigenvalue weighted by molar-refractivity contribution is 4.76. The van der Waals surface area contributed by atoms with Crippen LogP contribution in [-0.4, -0.2) is 92.5 Å². The molecule has 1 saturated heterocycles. The third kappa shape index (κ3) is 21.5. The summed E-state index contributed by atoms with van der Waals surface area (Å²) in [6.45, 7) is 12.7. The molecule has 1 aliphatic heterocycles. The van der Waals surface area contributed by atoms with Crippen LogP contribution in [0.5, 0.6) is 0 Å². The van der Waals surface area contributed by atoms with Crippen LogP contribution in [0, 0.1) is 11.8 Å². The van der Waals surface area contributed by atoms with Crippen molar-refractivity contribution in [2.24, 2.45) is 11.8 Å². The first-order valence-electron chi connectivity index (χ1n) is 14.4. The molecule has 0 bridgehead atoms. The Morgan fingerprint density at radius 3 is 0.800 bits per heavy atom. The molecule has 7 nitrogen and oxygen atoms in total. The van der Waals surface area contributed by atoms with Crippen molar-refractivity contribution in [3.63, 3.8) is 0 Å². The summed E-state index contributed by atoms with van der Waals surface area (Å²) in [5.74, 6) is 2.28. The van der Waals surface area contributed by atoms with Crippen molar-refractivity contribution >= 4 is 0 Å². The third-order valence-corrected chi connectivity index (χ3v) is 6.61. The Balaban J connectivity index is 0.000000308. The Morgan fingerprint density at radius 1 is 0.400 bits per heavy atom. The summed E-state index contributed by atoms with van der Waals surface area (Å²) in [4.78, 5) is 0. The van der Waals surface area contributed by atoms with E-state index in [1.54, 1.807) is 25.7 Å². The van der Waals surface area contributed by atoms with Gasteiger partial charge < -0.3 is 33.2 Å². The topological polar surface area (TPSA) is 64.6 Å². The molecule has 2 saturated carbocycles. The average Bonchev–Trinajstić information content (AvgIpc) is 2.91. The van der Waals surface area contributed by atoms with Gasteiger partial charge in [-0.25, -0.2) is 0 Å². The molecule has 3 fully saturated rings. The molecule has 0 radical (unpaired) electrons. The molecular formula is C28H56O7. The molecule has 35 heavy (non-hydrogen) atoms. The summed E-state index contributed by atoms with van der Waals surface area (Å²) in [7, 11) is 0.